The number of halogens is 2. The fraction of sp³-hybridized carbons (Fsp3) is 0.538. The highest BCUT2D eigenvalue weighted by Crippen LogP contribution is 2.20. The van der Waals surface area contributed by atoms with Crippen molar-refractivity contribution in [2.45, 2.75) is 32.2 Å². The second-order valence-electron chi connectivity index (χ2n) is 4.62. The van der Waals surface area contributed by atoms with Crippen LogP contribution in [0.5, 0.6) is 0 Å². The fourth-order valence-electron chi connectivity index (χ4n) is 2.37. The van der Waals surface area contributed by atoms with Gasteiger partial charge in [-0.05, 0) is 43.4 Å². The maximum absolute atomic E-state index is 13.4. The lowest BCUT2D eigenvalue weighted by molar-refractivity contribution is 0.411. The highest BCUT2D eigenvalue weighted by Gasteiger charge is 2.21. The van der Waals surface area contributed by atoms with Gasteiger partial charge < -0.3 is 5.32 Å². The van der Waals surface area contributed by atoms with Crippen LogP contribution in [0.3, 0.4) is 0 Å². The molecule has 1 aliphatic rings. The molecule has 1 aromatic rings. The monoisotopic (exact) mass is 225 g/mol. The fourth-order valence-corrected chi connectivity index (χ4v) is 2.37. The van der Waals surface area contributed by atoms with E-state index in [1.165, 1.54) is 12.5 Å². The van der Waals surface area contributed by atoms with Crippen molar-refractivity contribution in [1.29, 1.82) is 0 Å². The normalized spacial score (nSPS) is 22.3. The van der Waals surface area contributed by atoms with Crippen LogP contribution in [0.1, 0.15) is 25.3 Å². The molecule has 1 saturated heterocycles. The van der Waals surface area contributed by atoms with E-state index >= 15 is 0 Å². The van der Waals surface area contributed by atoms with Gasteiger partial charge in [0, 0.05) is 12.1 Å². The van der Waals surface area contributed by atoms with Crippen molar-refractivity contribution in [3.63, 3.8) is 0 Å². The molecule has 3 heteroatoms. The lowest BCUT2D eigenvalue weighted by Gasteiger charge is -2.19. The van der Waals surface area contributed by atoms with E-state index in [0.717, 1.165) is 19.0 Å². The Balaban J connectivity index is 2.02. The maximum atomic E-state index is 13.4. The van der Waals surface area contributed by atoms with E-state index in [4.69, 9.17) is 0 Å². The summed E-state index contributed by atoms with van der Waals surface area (Å²) in [5.74, 6) is -0.541. The molecule has 0 saturated carbocycles. The third-order valence-corrected chi connectivity index (χ3v) is 3.34. The van der Waals surface area contributed by atoms with Gasteiger partial charge in [0.25, 0.3) is 0 Å². The van der Waals surface area contributed by atoms with Crippen LogP contribution in [0.2, 0.25) is 0 Å². The molecule has 1 aliphatic heterocycles. The summed E-state index contributed by atoms with van der Waals surface area (Å²) in [5.41, 5.74) is 0.614. The highest BCUT2D eigenvalue weighted by atomic mass is 19.1. The molecule has 2 unspecified atom stereocenters. The number of rotatable bonds is 3. The van der Waals surface area contributed by atoms with Gasteiger partial charge in [0.2, 0.25) is 0 Å². The van der Waals surface area contributed by atoms with Gasteiger partial charge >= 0.3 is 0 Å². The average Bonchev–Trinajstić information content (AvgIpc) is 2.75. The minimum atomic E-state index is -0.507. The molecule has 0 spiro atoms. The van der Waals surface area contributed by atoms with E-state index in [-0.39, 0.29) is 0 Å². The molecule has 0 aromatic heterocycles. The third-order valence-electron chi connectivity index (χ3n) is 3.34. The lowest BCUT2D eigenvalue weighted by Crippen LogP contribution is -2.30. The average molecular weight is 225 g/mol. The molecule has 1 nitrogen and oxygen atoms in total. The second-order valence-corrected chi connectivity index (χ2v) is 4.62. The van der Waals surface area contributed by atoms with Crippen LogP contribution in [-0.4, -0.2) is 12.6 Å². The van der Waals surface area contributed by atoms with Crippen molar-refractivity contribution < 1.29 is 8.78 Å². The zero-order valence-corrected chi connectivity index (χ0v) is 9.47. The lowest BCUT2D eigenvalue weighted by atomic mass is 9.93. The predicted octanol–water partition coefficient (Wildman–Crippen LogP) is 2.90. The Hall–Kier alpha value is -0.960. The smallest absolute Gasteiger partial charge is 0.129 e. The standard InChI is InChI=1S/C13H17F2N/c1-9(13-3-2-6-16-13)7-10-4-5-11(14)8-12(10)15/h4-5,8-9,13,16H,2-3,6-7H2,1H3. The molecular formula is C13H17F2N. The van der Waals surface area contributed by atoms with Crippen molar-refractivity contribution >= 4 is 0 Å². The van der Waals surface area contributed by atoms with Crippen LogP contribution in [0.15, 0.2) is 18.2 Å². The minimum Gasteiger partial charge on any atom is -0.314 e. The summed E-state index contributed by atoms with van der Waals surface area (Å²) in [7, 11) is 0. The van der Waals surface area contributed by atoms with Crippen LogP contribution in [0.4, 0.5) is 8.78 Å². The molecule has 2 rings (SSSR count). The Kier molecular flexibility index (Phi) is 3.54. The van der Waals surface area contributed by atoms with Gasteiger partial charge in [-0.15, -0.1) is 0 Å². The van der Waals surface area contributed by atoms with Gasteiger partial charge in [-0.2, -0.15) is 0 Å². The molecule has 1 N–H and O–H groups in total. The Labute approximate surface area is 94.9 Å². The summed E-state index contributed by atoms with van der Waals surface area (Å²) >= 11 is 0. The summed E-state index contributed by atoms with van der Waals surface area (Å²) in [6.45, 7) is 3.17. The van der Waals surface area contributed by atoms with Crippen molar-refractivity contribution in [2.75, 3.05) is 6.54 Å². The van der Waals surface area contributed by atoms with Crippen LogP contribution in [0, 0.1) is 17.6 Å². The zero-order valence-electron chi connectivity index (χ0n) is 9.47. The van der Waals surface area contributed by atoms with E-state index in [1.807, 2.05) is 0 Å². The highest BCUT2D eigenvalue weighted by molar-refractivity contribution is 5.19. The minimum absolute atomic E-state index is 0.391. The van der Waals surface area contributed by atoms with Crippen LogP contribution in [0.25, 0.3) is 0 Å². The first kappa shape index (κ1) is 11.5. The molecule has 88 valence electrons. The number of benzene rings is 1. The number of hydrogen-bond donors (Lipinski definition) is 1. The molecule has 0 aliphatic carbocycles. The van der Waals surface area contributed by atoms with E-state index in [0.29, 0.717) is 23.9 Å². The number of nitrogens with one attached hydrogen (secondary N) is 1. The van der Waals surface area contributed by atoms with E-state index in [1.54, 1.807) is 6.07 Å². The van der Waals surface area contributed by atoms with Crippen LogP contribution >= 0.6 is 0 Å². The summed E-state index contributed by atoms with van der Waals surface area (Å²) < 4.78 is 26.2. The van der Waals surface area contributed by atoms with Crippen molar-refractivity contribution in [3.05, 3.63) is 35.4 Å². The molecule has 16 heavy (non-hydrogen) atoms. The number of hydrogen-bond acceptors (Lipinski definition) is 1. The molecule has 0 radical (unpaired) electrons. The summed E-state index contributed by atoms with van der Waals surface area (Å²) in [4.78, 5) is 0. The Bertz CT molecular complexity index is 359. The molecule has 1 fully saturated rings. The van der Waals surface area contributed by atoms with Crippen LogP contribution < -0.4 is 5.32 Å². The summed E-state index contributed by atoms with van der Waals surface area (Å²) in [6.07, 6.45) is 3.02. The zero-order chi connectivity index (χ0) is 11.5. The maximum Gasteiger partial charge on any atom is 0.129 e. The Morgan fingerprint density at radius 3 is 2.88 bits per heavy atom. The Morgan fingerprint density at radius 1 is 1.44 bits per heavy atom. The van der Waals surface area contributed by atoms with Gasteiger partial charge in [-0.25, -0.2) is 8.78 Å². The molecule has 1 heterocycles. The molecule has 2 atom stereocenters. The SMILES string of the molecule is CC(Cc1ccc(F)cc1F)C1CCCN1. The van der Waals surface area contributed by atoms with Crippen molar-refractivity contribution in [1.82, 2.24) is 5.32 Å². The largest absolute Gasteiger partial charge is 0.314 e. The van der Waals surface area contributed by atoms with Gasteiger partial charge in [0.1, 0.15) is 11.6 Å². The summed E-state index contributed by atoms with van der Waals surface area (Å²) in [6, 6.07) is 4.32. The quantitative estimate of drug-likeness (QED) is 0.834. The van der Waals surface area contributed by atoms with E-state index in [9.17, 15) is 8.78 Å². The van der Waals surface area contributed by atoms with Crippen molar-refractivity contribution in [3.8, 4) is 0 Å². The van der Waals surface area contributed by atoms with Gasteiger partial charge in [-0.1, -0.05) is 13.0 Å². The first-order valence-corrected chi connectivity index (χ1v) is 5.84. The molecule has 0 bridgehead atoms. The first-order chi connectivity index (χ1) is 7.66. The Morgan fingerprint density at radius 2 is 2.25 bits per heavy atom. The molecule has 0 amide bonds. The van der Waals surface area contributed by atoms with E-state index in [2.05, 4.69) is 12.2 Å². The third kappa shape index (κ3) is 2.59. The predicted molar refractivity (Wildman–Crippen MR) is 60.3 cm³/mol. The molecular weight excluding hydrogens is 208 g/mol. The topological polar surface area (TPSA) is 12.0 Å². The summed E-state index contributed by atoms with van der Waals surface area (Å²) in [5, 5.41) is 3.41. The van der Waals surface area contributed by atoms with Crippen molar-refractivity contribution in [2.24, 2.45) is 5.92 Å². The van der Waals surface area contributed by atoms with Gasteiger partial charge in [0.05, 0.1) is 0 Å². The van der Waals surface area contributed by atoms with Gasteiger partial charge in [0.15, 0.2) is 0 Å². The van der Waals surface area contributed by atoms with Gasteiger partial charge in [-0.3, -0.25) is 0 Å². The van der Waals surface area contributed by atoms with Crippen LogP contribution in [-0.2, 0) is 6.42 Å². The first-order valence-electron chi connectivity index (χ1n) is 5.84. The molecule has 1 aromatic carbocycles. The van der Waals surface area contributed by atoms with E-state index < -0.39 is 11.6 Å². The second kappa shape index (κ2) is 4.91.